The van der Waals surface area contributed by atoms with Crippen molar-refractivity contribution in [3.05, 3.63) is 21.9 Å². The van der Waals surface area contributed by atoms with E-state index in [0.717, 1.165) is 38.6 Å². The highest BCUT2D eigenvalue weighted by Crippen LogP contribution is 2.19. The highest BCUT2D eigenvalue weighted by atomic mass is 32.1. The Kier molecular flexibility index (Phi) is 4.38. The molecule has 1 heterocycles. The van der Waals surface area contributed by atoms with Gasteiger partial charge in [-0.2, -0.15) is 0 Å². The van der Waals surface area contributed by atoms with E-state index in [1.807, 2.05) is 11.3 Å². The summed E-state index contributed by atoms with van der Waals surface area (Å²) >= 11 is 1.86. The van der Waals surface area contributed by atoms with Crippen molar-refractivity contribution >= 4 is 11.3 Å². The number of aryl methyl sites for hydroxylation is 1. The minimum atomic E-state index is -0.0439. The third-order valence-electron chi connectivity index (χ3n) is 3.45. The first-order valence-electron chi connectivity index (χ1n) is 6.20. The molecule has 1 aliphatic rings. The van der Waals surface area contributed by atoms with Gasteiger partial charge in [0.1, 0.15) is 0 Å². The van der Waals surface area contributed by atoms with Gasteiger partial charge < -0.3 is 10.4 Å². The molecular formula is C13H21NOS. The average Bonchev–Trinajstić information content (AvgIpc) is 2.68. The quantitative estimate of drug-likeness (QED) is 0.846. The molecule has 0 spiro atoms. The Hall–Kier alpha value is -0.380. The van der Waals surface area contributed by atoms with Crippen molar-refractivity contribution in [3.63, 3.8) is 0 Å². The third kappa shape index (κ3) is 3.30. The summed E-state index contributed by atoms with van der Waals surface area (Å²) in [5.74, 6) is 0. The molecule has 0 bridgehead atoms. The highest BCUT2D eigenvalue weighted by Gasteiger charge is 2.18. The number of nitrogens with one attached hydrogen (secondary N) is 1. The molecule has 1 aromatic heterocycles. The monoisotopic (exact) mass is 239 g/mol. The van der Waals surface area contributed by atoms with Gasteiger partial charge in [0, 0.05) is 17.5 Å². The van der Waals surface area contributed by atoms with E-state index in [4.69, 9.17) is 0 Å². The van der Waals surface area contributed by atoms with Crippen LogP contribution in [0.25, 0.3) is 0 Å². The molecule has 0 amide bonds. The zero-order valence-electron chi connectivity index (χ0n) is 9.91. The van der Waals surface area contributed by atoms with E-state index in [1.54, 1.807) is 0 Å². The number of rotatable bonds is 4. The second-order valence-electron chi connectivity index (χ2n) is 4.74. The maximum absolute atomic E-state index is 9.41. The lowest BCUT2D eigenvalue weighted by molar-refractivity contribution is 0.117. The lowest BCUT2D eigenvalue weighted by atomic mass is 9.93. The second kappa shape index (κ2) is 5.80. The van der Waals surface area contributed by atoms with E-state index in [2.05, 4.69) is 23.7 Å². The van der Waals surface area contributed by atoms with Crippen LogP contribution in [0.2, 0.25) is 0 Å². The SMILES string of the molecule is Cc1ccsc1CCNC1CCC(O)CC1. The van der Waals surface area contributed by atoms with Crippen LogP contribution in [0.5, 0.6) is 0 Å². The summed E-state index contributed by atoms with van der Waals surface area (Å²) in [5, 5.41) is 15.2. The topological polar surface area (TPSA) is 32.3 Å². The zero-order valence-corrected chi connectivity index (χ0v) is 10.7. The normalized spacial score (nSPS) is 25.9. The lowest BCUT2D eigenvalue weighted by Gasteiger charge is -2.26. The summed E-state index contributed by atoms with van der Waals surface area (Å²) in [4.78, 5) is 1.50. The van der Waals surface area contributed by atoms with Crippen molar-refractivity contribution in [1.29, 1.82) is 0 Å². The van der Waals surface area contributed by atoms with Crippen molar-refractivity contribution in [2.45, 2.75) is 51.2 Å². The van der Waals surface area contributed by atoms with Crippen molar-refractivity contribution in [3.8, 4) is 0 Å². The first-order valence-corrected chi connectivity index (χ1v) is 7.08. The first-order chi connectivity index (χ1) is 7.75. The van der Waals surface area contributed by atoms with Gasteiger partial charge in [0.2, 0.25) is 0 Å². The van der Waals surface area contributed by atoms with Gasteiger partial charge in [0.05, 0.1) is 6.10 Å². The van der Waals surface area contributed by atoms with Crippen molar-refractivity contribution < 1.29 is 5.11 Å². The fourth-order valence-corrected chi connectivity index (χ4v) is 3.24. The molecule has 0 unspecified atom stereocenters. The summed E-state index contributed by atoms with van der Waals surface area (Å²) in [5.41, 5.74) is 1.42. The van der Waals surface area contributed by atoms with E-state index in [1.165, 1.54) is 10.4 Å². The smallest absolute Gasteiger partial charge is 0.0541 e. The largest absolute Gasteiger partial charge is 0.393 e. The molecule has 0 aromatic carbocycles. The van der Waals surface area contributed by atoms with Gasteiger partial charge in [0.25, 0.3) is 0 Å². The van der Waals surface area contributed by atoms with E-state index in [9.17, 15) is 5.11 Å². The molecule has 16 heavy (non-hydrogen) atoms. The molecule has 0 atom stereocenters. The number of aliphatic hydroxyl groups excluding tert-OH is 1. The van der Waals surface area contributed by atoms with Gasteiger partial charge in [0.15, 0.2) is 0 Å². The summed E-state index contributed by atoms with van der Waals surface area (Å²) < 4.78 is 0. The van der Waals surface area contributed by atoms with E-state index in [-0.39, 0.29) is 6.10 Å². The fourth-order valence-electron chi connectivity index (χ4n) is 2.33. The van der Waals surface area contributed by atoms with E-state index in [0.29, 0.717) is 6.04 Å². The van der Waals surface area contributed by atoms with Crippen LogP contribution in [0, 0.1) is 6.92 Å². The molecule has 2 N–H and O–H groups in total. The Labute approximate surface area is 102 Å². The van der Waals surface area contributed by atoms with Crippen LogP contribution in [0.3, 0.4) is 0 Å². The van der Waals surface area contributed by atoms with Crippen LogP contribution in [0.15, 0.2) is 11.4 Å². The van der Waals surface area contributed by atoms with Crippen LogP contribution in [-0.2, 0) is 6.42 Å². The first kappa shape index (κ1) is 12.1. The number of thiophene rings is 1. The van der Waals surface area contributed by atoms with Crippen molar-refractivity contribution in [1.82, 2.24) is 5.32 Å². The fraction of sp³-hybridized carbons (Fsp3) is 0.692. The molecule has 1 saturated carbocycles. The lowest BCUT2D eigenvalue weighted by Crippen LogP contribution is -2.35. The zero-order chi connectivity index (χ0) is 11.4. The van der Waals surface area contributed by atoms with Gasteiger partial charge in [-0.05, 0) is 56.0 Å². The Morgan fingerprint density at radius 2 is 2.12 bits per heavy atom. The summed E-state index contributed by atoms with van der Waals surface area (Å²) in [6.45, 7) is 3.25. The van der Waals surface area contributed by atoms with E-state index >= 15 is 0 Å². The van der Waals surface area contributed by atoms with Gasteiger partial charge in [-0.3, -0.25) is 0 Å². The van der Waals surface area contributed by atoms with Crippen LogP contribution in [-0.4, -0.2) is 23.8 Å². The Morgan fingerprint density at radius 3 is 2.75 bits per heavy atom. The number of hydrogen-bond donors (Lipinski definition) is 2. The van der Waals surface area contributed by atoms with Crippen molar-refractivity contribution in [2.75, 3.05) is 6.54 Å². The Morgan fingerprint density at radius 1 is 1.38 bits per heavy atom. The minimum Gasteiger partial charge on any atom is -0.393 e. The molecule has 3 heteroatoms. The van der Waals surface area contributed by atoms with Gasteiger partial charge in [-0.1, -0.05) is 0 Å². The van der Waals surface area contributed by atoms with Crippen molar-refractivity contribution in [2.24, 2.45) is 0 Å². The van der Waals surface area contributed by atoms with Gasteiger partial charge in [-0.15, -0.1) is 11.3 Å². The van der Waals surface area contributed by atoms with Crippen LogP contribution in [0.4, 0.5) is 0 Å². The molecule has 2 nitrogen and oxygen atoms in total. The second-order valence-corrected chi connectivity index (χ2v) is 5.74. The van der Waals surface area contributed by atoms with Gasteiger partial charge >= 0.3 is 0 Å². The minimum absolute atomic E-state index is 0.0439. The predicted molar refractivity (Wildman–Crippen MR) is 69.0 cm³/mol. The average molecular weight is 239 g/mol. The summed E-state index contributed by atoms with van der Waals surface area (Å²) in [6, 6.07) is 2.82. The maximum Gasteiger partial charge on any atom is 0.0541 e. The van der Waals surface area contributed by atoms with E-state index < -0.39 is 0 Å². The van der Waals surface area contributed by atoms with Crippen LogP contribution in [0.1, 0.15) is 36.1 Å². The molecule has 1 aliphatic carbocycles. The van der Waals surface area contributed by atoms with Gasteiger partial charge in [-0.25, -0.2) is 0 Å². The molecular weight excluding hydrogens is 218 g/mol. The molecule has 0 saturated heterocycles. The van der Waals surface area contributed by atoms with Crippen LogP contribution >= 0.6 is 11.3 Å². The molecule has 0 aliphatic heterocycles. The predicted octanol–water partition coefficient (Wildman–Crippen LogP) is 2.49. The summed E-state index contributed by atoms with van der Waals surface area (Å²) in [7, 11) is 0. The molecule has 90 valence electrons. The number of aliphatic hydroxyl groups is 1. The Balaban J connectivity index is 1.67. The molecule has 2 rings (SSSR count). The summed E-state index contributed by atoms with van der Waals surface area (Å²) in [6.07, 6.45) is 5.29. The number of hydrogen-bond acceptors (Lipinski definition) is 3. The third-order valence-corrected chi connectivity index (χ3v) is 4.53. The highest BCUT2D eigenvalue weighted by molar-refractivity contribution is 7.10. The standard InChI is InChI=1S/C13H21NOS/c1-10-7-9-16-13(10)6-8-14-11-2-4-12(15)5-3-11/h7,9,11-12,14-15H,2-6,8H2,1H3. The Bertz CT molecular complexity index is 315. The molecule has 1 fully saturated rings. The molecule has 1 aromatic rings. The molecule has 0 radical (unpaired) electrons. The van der Waals surface area contributed by atoms with Crippen LogP contribution < -0.4 is 5.32 Å². The maximum atomic E-state index is 9.41.